The summed E-state index contributed by atoms with van der Waals surface area (Å²) in [7, 11) is -2.82. The zero-order valence-electron chi connectivity index (χ0n) is 7.45. The third-order valence-corrected chi connectivity index (χ3v) is 4.52. The van der Waals surface area contributed by atoms with Gasteiger partial charge in [0.1, 0.15) is 0 Å². The van der Waals surface area contributed by atoms with E-state index in [1.807, 2.05) is 13.8 Å². The van der Waals surface area contributed by atoms with Crippen LogP contribution in [0.3, 0.4) is 0 Å². The van der Waals surface area contributed by atoms with E-state index in [1.54, 1.807) is 0 Å². The second-order valence-corrected chi connectivity index (χ2v) is 5.88. The molecule has 1 rings (SSSR count). The molecular formula is C9H14O2S. The molecule has 68 valence electrons. The van der Waals surface area contributed by atoms with Crippen LogP contribution in [0.5, 0.6) is 0 Å². The van der Waals surface area contributed by atoms with Gasteiger partial charge in [0.05, 0.1) is 11.5 Å². The van der Waals surface area contributed by atoms with Gasteiger partial charge >= 0.3 is 0 Å². The zero-order valence-corrected chi connectivity index (χ0v) is 8.26. The Balaban J connectivity index is 2.86. The fourth-order valence-corrected chi connectivity index (χ4v) is 4.12. The van der Waals surface area contributed by atoms with Crippen LogP contribution in [0.15, 0.2) is 0 Å². The van der Waals surface area contributed by atoms with Gasteiger partial charge in [-0.1, -0.05) is 13.8 Å². The molecule has 0 amide bonds. The summed E-state index contributed by atoms with van der Waals surface area (Å²) in [5.41, 5.74) is 0. The molecule has 1 fully saturated rings. The smallest absolute Gasteiger partial charge is 0.150 e. The minimum atomic E-state index is -2.82. The van der Waals surface area contributed by atoms with Crippen molar-refractivity contribution in [2.24, 2.45) is 17.8 Å². The molecule has 2 nitrogen and oxygen atoms in total. The van der Waals surface area contributed by atoms with Crippen molar-refractivity contribution < 1.29 is 8.42 Å². The predicted molar refractivity (Wildman–Crippen MR) is 49.3 cm³/mol. The second kappa shape index (κ2) is 3.10. The lowest BCUT2D eigenvalue weighted by Gasteiger charge is -2.30. The van der Waals surface area contributed by atoms with E-state index in [9.17, 15) is 8.42 Å². The van der Waals surface area contributed by atoms with Gasteiger partial charge in [0.2, 0.25) is 0 Å². The number of terminal acetylenes is 1. The third kappa shape index (κ3) is 1.81. The average molecular weight is 186 g/mol. The number of hydrogen-bond acceptors (Lipinski definition) is 2. The summed E-state index contributed by atoms with van der Waals surface area (Å²) in [5.74, 6) is 3.55. The predicted octanol–water partition coefficient (Wildman–Crippen LogP) is 0.936. The molecule has 3 heteroatoms. The molecule has 12 heavy (non-hydrogen) atoms. The van der Waals surface area contributed by atoms with Crippen LogP contribution in [0.25, 0.3) is 0 Å². The fourth-order valence-electron chi connectivity index (χ4n) is 1.97. The summed E-state index contributed by atoms with van der Waals surface area (Å²) in [5, 5.41) is 0. The first kappa shape index (κ1) is 9.60. The van der Waals surface area contributed by atoms with Crippen LogP contribution in [-0.4, -0.2) is 19.9 Å². The molecule has 1 aliphatic heterocycles. The number of sulfone groups is 1. The molecule has 0 spiro atoms. The summed E-state index contributed by atoms with van der Waals surface area (Å²) in [6.45, 7) is 3.83. The van der Waals surface area contributed by atoms with Gasteiger partial charge in [-0.05, 0) is 11.8 Å². The van der Waals surface area contributed by atoms with E-state index in [1.165, 1.54) is 0 Å². The molecule has 0 aliphatic carbocycles. The van der Waals surface area contributed by atoms with E-state index in [-0.39, 0.29) is 29.3 Å². The molecule has 1 aliphatic rings. The van der Waals surface area contributed by atoms with Crippen LogP contribution in [-0.2, 0) is 9.84 Å². The first-order valence-corrected chi connectivity index (χ1v) is 5.95. The highest BCUT2D eigenvalue weighted by atomic mass is 32.2. The molecule has 0 N–H and O–H groups in total. The Bertz CT molecular complexity index is 279. The number of hydrogen-bond donors (Lipinski definition) is 0. The Morgan fingerprint density at radius 2 is 1.67 bits per heavy atom. The molecule has 0 aromatic rings. The lowest BCUT2D eigenvalue weighted by atomic mass is 9.86. The standard InChI is InChI=1S/C9H14O2S/c1-4-9-7(2)5-12(10,11)6-8(9)3/h1,7-9H,5-6H2,2-3H3. The zero-order chi connectivity index (χ0) is 9.35. The Labute approximate surface area is 74.3 Å². The van der Waals surface area contributed by atoms with E-state index in [2.05, 4.69) is 5.92 Å². The van der Waals surface area contributed by atoms with Gasteiger partial charge in [-0.3, -0.25) is 0 Å². The van der Waals surface area contributed by atoms with Crippen molar-refractivity contribution in [2.45, 2.75) is 13.8 Å². The van der Waals surface area contributed by atoms with Gasteiger partial charge < -0.3 is 0 Å². The largest absolute Gasteiger partial charge is 0.229 e. The Hall–Kier alpha value is -0.490. The van der Waals surface area contributed by atoms with Crippen LogP contribution in [0.4, 0.5) is 0 Å². The molecule has 0 aromatic carbocycles. The molecule has 1 saturated heterocycles. The van der Waals surface area contributed by atoms with Crippen LogP contribution in [0.1, 0.15) is 13.8 Å². The summed E-state index contributed by atoms with van der Waals surface area (Å²) in [6.07, 6.45) is 5.33. The highest BCUT2D eigenvalue weighted by molar-refractivity contribution is 7.91. The van der Waals surface area contributed by atoms with E-state index >= 15 is 0 Å². The SMILES string of the molecule is C#CC1C(C)CS(=O)(=O)CC1C. The van der Waals surface area contributed by atoms with Crippen LogP contribution in [0, 0.1) is 30.1 Å². The second-order valence-electron chi connectivity index (χ2n) is 3.72. The van der Waals surface area contributed by atoms with Crippen molar-refractivity contribution in [2.75, 3.05) is 11.5 Å². The summed E-state index contributed by atoms with van der Waals surface area (Å²) in [6, 6.07) is 0. The maximum atomic E-state index is 11.3. The minimum Gasteiger partial charge on any atom is -0.229 e. The van der Waals surface area contributed by atoms with Crippen molar-refractivity contribution in [1.29, 1.82) is 0 Å². The van der Waals surface area contributed by atoms with E-state index in [0.717, 1.165) is 0 Å². The molecule has 1 heterocycles. The van der Waals surface area contributed by atoms with Crippen molar-refractivity contribution in [3.8, 4) is 12.3 Å². The quantitative estimate of drug-likeness (QED) is 0.528. The molecular weight excluding hydrogens is 172 g/mol. The Morgan fingerprint density at radius 3 is 2.00 bits per heavy atom. The minimum absolute atomic E-state index is 0.115. The maximum absolute atomic E-state index is 11.3. The van der Waals surface area contributed by atoms with Gasteiger partial charge in [0, 0.05) is 5.92 Å². The number of rotatable bonds is 0. The van der Waals surface area contributed by atoms with Crippen LogP contribution in [0.2, 0.25) is 0 Å². The van der Waals surface area contributed by atoms with Gasteiger partial charge in [0.25, 0.3) is 0 Å². The van der Waals surface area contributed by atoms with Gasteiger partial charge in [-0.15, -0.1) is 12.3 Å². The van der Waals surface area contributed by atoms with Crippen molar-refractivity contribution in [3.63, 3.8) is 0 Å². The monoisotopic (exact) mass is 186 g/mol. The molecule has 0 aromatic heterocycles. The summed E-state index contributed by atoms with van der Waals surface area (Å²) in [4.78, 5) is 0. The molecule has 0 bridgehead atoms. The molecule has 0 radical (unpaired) electrons. The van der Waals surface area contributed by atoms with Gasteiger partial charge in [-0.25, -0.2) is 8.42 Å². The van der Waals surface area contributed by atoms with Crippen LogP contribution >= 0.6 is 0 Å². The fraction of sp³-hybridized carbons (Fsp3) is 0.778. The van der Waals surface area contributed by atoms with Crippen LogP contribution < -0.4 is 0 Å². The topological polar surface area (TPSA) is 34.1 Å². The Kier molecular flexibility index (Phi) is 2.48. The first-order chi connectivity index (χ1) is 5.46. The maximum Gasteiger partial charge on any atom is 0.150 e. The lowest BCUT2D eigenvalue weighted by Crippen LogP contribution is -2.36. The highest BCUT2D eigenvalue weighted by Gasteiger charge is 2.34. The van der Waals surface area contributed by atoms with Gasteiger partial charge in [-0.2, -0.15) is 0 Å². The lowest BCUT2D eigenvalue weighted by molar-refractivity contribution is 0.350. The van der Waals surface area contributed by atoms with Crippen molar-refractivity contribution in [3.05, 3.63) is 0 Å². The van der Waals surface area contributed by atoms with Crippen molar-refractivity contribution >= 4 is 9.84 Å². The summed E-state index contributed by atoms with van der Waals surface area (Å²) >= 11 is 0. The molecule has 2 unspecified atom stereocenters. The molecule has 2 atom stereocenters. The van der Waals surface area contributed by atoms with E-state index in [0.29, 0.717) is 0 Å². The van der Waals surface area contributed by atoms with E-state index < -0.39 is 9.84 Å². The average Bonchev–Trinajstić information content (AvgIpc) is 1.82. The highest BCUT2D eigenvalue weighted by Crippen LogP contribution is 2.28. The normalized spacial score (nSPS) is 40.2. The first-order valence-electron chi connectivity index (χ1n) is 4.13. The molecule has 0 saturated carbocycles. The summed E-state index contributed by atoms with van der Waals surface area (Å²) < 4.78 is 22.5. The van der Waals surface area contributed by atoms with Gasteiger partial charge in [0.15, 0.2) is 9.84 Å². The van der Waals surface area contributed by atoms with E-state index in [4.69, 9.17) is 6.42 Å². The third-order valence-electron chi connectivity index (χ3n) is 2.45. The van der Waals surface area contributed by atoms with Crippen molar-refractivity contribution in [1.82, 2.24) is 0 Å². The Morgan fingerprint density at radius 1 is 1.25 bits per heavy atom.